The maximum absolute atomic E-state index is 12.0. The summed E-state index contributed by atoms with van der Waals surface area (Å²) in [6.45, 7) is 7.23. The van der Waals surface area contributed by atoms with E-state index in [1.54, 1.807) is 10.8 Å². The van der Waals surface area contributed by atoms with Gasteiger partial charge in [-0.3, -0.25) is 4.79 Å². The number of hydrogen-bond acceptors (Lipinski definition) is 5. The molecule has 4 nitrogen and oxygen atoms in total. The molecule has 2 aromatic rings. The normalized spacial score (nSPS) is 16.4. The third-order valence-corrected chi connectivity index (χ3v) is 7.85. The second-order valence-corrected chi connectivity index (χ2v) is 10.2. The van der Waals surface area contributed by atoms with Crippen LogP contribution in [0.4, 0.5) is 5.69 Å². The van der Waals surface area contributed by atoms with E-state index in [2.05, 4.69) is 84.3 Å². The number of ether oxygens (including phenoxy) is 1. The SMILES string of the molecule is CCN(CC)c1ccc(/C=C/c2cc[n+](CCCC(=O)OC3CCSSC3)cc2)cc1. The Morgan fingerprint density at radius 2 is 1.74 bits per heavy atom. The first-order chi connectivity index (χ1) is 15.2. The van der Waals surface area contributed by atoms with Gasteiger partial charge >= 0.3 is 5.97 Å². The highest BCUT2D eigenvalue weighted by Gasteiger charge is 2.18. The highest BCUT2D eigenvalue weighted by molar-refractivity contribution is 8.76. The van der Waals surface area contributed by atoms with E-state index in [0.29, 0.717) is 6.42 Å². The number of aryl methyl sites for hydroxylation is 1. The lowest BCUT2D eigenvalue weighted by Gasteiger charge is -2.20. The topological polar surface area (TPSA) is 33.4 Å². The van der Waals surface area contributed by atoms with Crippen molar-refractivity contribution in [1.29, 1.82) is 0 Å². The highest BCUT2D eigenvalue weighted by atomic mass is 33.1. The maximum atomic E-state index is 12.0. The summed E-state index contributed by atoms with van der Waals surface area (Å²) in [5, 5.41) is 0. The fourth-order valence-electron chi connectivity index (χ4n) is 3.50. The molecule has 0 bridgehead atoms. The predicted octanol–water partition coefficient (Wildman–Crippen LogP) is 5.47. The zero-order valence-electron chi connectivity index (χ0n) is 18.5. The van der Waals surface area contributed by atoms with Crippen molar-refractivity contribution in [2.75, 3.05) is 29.5 Å². The molecule has 3 rings (SSSR count). The Labute approximate surface area is 194 Å². The quantitative estimate of drug-likeness (QED) is 0.268. The van der Waals surface area contributed by atoms with Crippen LogP contribution in [0.5, 0.6) is 0 Å². The van der Waals surface area contributed by atoms with Crippen molar-refractivity contribution in [3.8, 4) is 0 Å². The fraction of sp³-hybridized carbons (Fsp3) is 0.440. The van der Waals surface area contributed by atoms with Gasteiger partial charge in [0.15, 0.2) is 12.4 Å². The Bertz CT molecular complexity index is 828. The van der Waals surface area contributed by atoms with E-state index >= 15 is 0 Å². The molecule has 1 aliphatic heterocycles. The van der Waals surface area contributed by atoms with Gasteiger partial charge in [0.05, 0.1) is 6.42 Å². The minimum absolute atomic E-state index is 0.0651. The summed E-state index contributed by atoms with van der Waals surface area (Å²) in [5.41, 5.74) is 3.63. The molecule has 1 atom stereocenters. The largest absolute Gasteiger partial charge is 0.461 e. The smallest absolute Gasteiger partial charge is 0.306 e. The Kier molecular flexibility index (Phi) is 9.82. The predicted molar refractivity (Wildman–Crippen MR) is 134 cm³/mol. The molecule has 1 aromatic heterocycles. The molecule has 2 heterocycles. The van der Waals surface area contributed by atoms with Crippen LogP contribution in [0.1, 0.15) is 44.2 Å². The van der Waals surface area contributed by atoms with Crippen LogP contribution >= 0.6 is 21.6 Å². The summed E-state index contributed by atoms with van der Waals surface area (Å²) in [6, 6.07) is 12.9. The number of aromatic nitrogens is 1. The third kappa shape index (κ3) is 7.93. The summed E-state index contributed by atoms with van der Waals surface area (Å²) < 4.78 is 7.68. The standard InChI is InChI=1S/C25H33N2O2S2/c1-3-27(4-2)23-11-9-21(10-12-23)7-8-22-13-17-26(18-14-22)16-5-6-25(28)29-24-15-19-30-31-20-24/h7-14,17-18,24H,3-6,15-16,19-20H2,1-2H3/q+1. The summed E-state index contributed by atoms with van der Waals surface area (Å²) in [7, 11) is 3.66. The molecule has 6 heteroatoms. The zero-order chi connectivity index (χ0) is 21.9. The Morgan fingerprint density at radius 3 is 2.35 bits per heavy atom. The van der Waals surface area contributed by atoms with Crippen LogP contribution in [0.25, 0.3) is 12.2 Å². The molecule has 1 aliphatic rings. The van der Waals surface area contributed by atoms with Crippen LogP contribution in [0.15, 0.2) is 48.8 Å². The van der Waals surface area contributed by atoms with Crippen molar-refractivity contribution in [2.24, 2.45) is 0 Å². The Balaban J connectivity index is 1.42. The molecule has 0 aliphatic carbocycles. The molecule has 0 saturated carbocycles. The fourth-order valence-corrected chi connectivity index (χ4v) is 5.84. The van der Waals surface area contributed by atoms with Gasteiger partial charge in [-0.25, -0.2) is 4.57 Å². The molecule has 0 spiro atoms. The van der Waals surface area contributed by atoms with E-state index in [1.807, 2.05) is 10.8 Å². The summed E-state index contributed by atoms with van der Waals surface area (Å²) in [5.74, 6) is 1.92. The lowest BCUT2D eigenvalue weighted by molar-refractivity contribution is -0.697. The van der Waals surface area contributed by atoms with Gasteiger partial charge in [-0.2, -0.15) is 0 Å². The molecule has 0 radical (unpaired) electrons. The van der Waals surface area contributed by atoms with Gasteiger partial charge in [-0.05, 0) is 43.5 Å². The number of hydrogen-bond donors (Lipinski definition) is 0. The number of esters is 1. The summed E-state index contributed by atoms with van der Waals surface area (Å²) >= 11 is 0. The van der Waals surface area contributed by atoms with Gasteiger partial charge in [0.1, 0.15) is 12.6 Å². The van der Waals surface area contributed by atoms with Gasteiger partial charge in [-0.1, -0.05) is 45.9 Å². The summed E-state index contributed by atoms with van der Waals surface area (Å²) in [4.78, 5) is 14.4. The highest BCUT2D eigenvalue weighted by Crippen LogP contribution is 2.30. The molecule has 1 fully saturated rings. The van der Waals surface area contributed by atoms with Crippen LogP contribution in [0.3, 0.4) is 0 Å². The van der Waals surface area contributed by atoms with E-state index in [1.165, 1.54) is 11.3 Å². The number of carbonyl (C=O) groups is 1. The first-order valence-corrected chi connectivity index (χ1v) is 13.6. The average molecular weight is 458 g/mol. The van der Waals surface area contributed by atoms with Crippen LogP contribution in [0, 0.1) is 0 Å². The Hall–Kier alpha value is -1.92. The minimum atomic E-state index is -0.0651. The van der Waals surface area contributed by atoms with Crippen molar-refractivity contribution in [3.63, 3.8) is 0 Å². The molecule has 1 aromatic carbocycles. The van der Waals surface area contributed by atoms with Gasteiger partial charge in [0.25, 0.3) is 0 Å². The van der Waals surface area contributed by atoms with Gasteiger partial charge in [-0.15, -0.1) is 0 Å². The second-order valence-electron chi connectivity index (χ2n) is 7.58. The summed E-state index contributed by atoms with van der Waals surface area (Å²) in [6.07, 6.45) is 10.8. The maximum Gasteiger partial charge on any atom is 0.306 e. The van der Waals surface area contributed by atoms with Crippen molar-refractivity contribution in [3.05, 3.63) is 59.9 Å². The van der Waals surface area contributed by atoms with E-state index in [9.17, 15) is 4.79 Å². The van der Waals surface area contributed by atoms with Crippen LogP contribution in [-0.2, 0) is 16.1 Å². The van der Waals surface area contributed by atoms with E-state index < -0.39 is 0 Å². The molecule has 1 unspecified atom stereocenters. The average Bonchev–Trinajstić information content (AvgIpc) is 2.81. The van der Waals surface area contributed by atoms with E-state index in [0.717, 1.165) is 49.5 Å². The van der Waals surface area contributed by atoms with Crippen molar-refractivity contribution < 1.29 is 14.1 Å². The number of carbonyl (C=O) groups excluding carboxylic acids is 1. The van der Waals surface area contributed by atoms with Gasteiger partial charge in [0.2, 0.25) is 0 Å². The zero-order valence-corrected chi connectivity index (χ0v) is 20.2. The van der Waals surface area contributed by atoms with E-state index in [-0.39, 0.29) is 12.1 Å². The van der Waals surface area contributed by atoms with Crippen LogP contribution < -0.4 is 9.47 Å². The molecule has 31 heavy (non-hydrogen) atoms. The minimum Gasteiger partial charge on any atom is -0.461 e. The van der Waals surface area contributed by atoms with Crippen molar-refractivity contribution in [2.45, 2.75) is 45.8 Å². The molecule has 166 valence electrons. The molecule has 0 amide bonds. The number of nitrogens with zero attached hydrogens (tertiary/aromatic N) is 2. The second kappa shape index (κ2) is 12.8. The lowest BCUT2D eigenvalue weighted by atomic mass is 10.1. The monoisotopic (exact) mass is 457 g/mol. The van der Waals surface area contributed by atoms with E-state index in [4.69, 9.17) is 4.74 Å². The van der Waals surface area contributed by atoms with Crippen LogP contribution in [0.2, 0.25) is 0 Å². The Morgan fingerprint density at radius 1 is 1.06 bits per heavy atom. The molecule has 0 N–H and O–H groups in total. The molecular formula is C25H33N2O2S2+. The molecular weight excluding hydrogens is 424 g/mol. The van der Waals surface area contributed by atoms with Crippen molar-refractivity contribution >= 4 is 45.4 Å². The van der Waals surface area contributed by atoms with Gasteiger partial charge < -0.3 is 9.64 Å². The van der Waals surface area contributed by atoms with Crippen LogP contribution in [-0.4, -0.2) is 36.7 Å². The lowest BCUT2D eigenvalue weighted by Crippen LogP contribution is -2.33. The molecule has 1 saturated heterocycles. The number of anilines is 1. The number of benzene rings is 1. The first-order valence-electron chi connectivity index (χ1n) is 11.1. The number of rotatable bonds is 10. The number of pyridine rings is 1. The first kappa shape index (κ1) is 23.7. The van der Waals surface area contributed by atoms with Crippen molar-refractivity contribution in [1.82, 2.24) is 0 Å². The third-order valence-electron chi connectivity index (χ3n) is 5.36. The van der Waals surface area contributed by atoms with Gasteiger partial charge in [0, 0.05) is 48.8 Å².